The number of carbonyl (C=O) groups excluding carboxylic acids is 1. The summed E-state index contributed by atoms with van der Waals surface area (Å²) in [6.45, 7) is 1.88. The summed E-state index contributed by atoms with van der Waals surface area (Å²) in [7, 11) is 0. The smallest absolute Gasteiger partial charge is 0.258 e. The van der Waals surface area contributed by atoms with Gasteiger partial charge in [-0.3, -0.25) is 4.79 Å². The molecule has 0 fully saturated rings. The van der Waals surface area contributed by atoms with E-state index >= 15 is 0 Å². The normalized spacial score (nSPS) is 10.3. The van der Waals surface area contributed by atoms with Crippen LogP contribution in [0.2, 0.25) is 5.02 Å². The minimum atomic E-state index is -0.594. The predicted molar refractivity (Wildman–Crippen MR) is 78.2 cm³/mol. The van der Waals surface area contributed by atoms with E-state index in [0.717, 1.165) is 5.56 Å². The van der Waals surface area contributed by atoms with Crippen LogP contribution in [-0.2, 0) is 0 Å². The lowest BCUT2D eigenvalue weighted by molar-refractivity contribution is 0.102. The number of halogens is 3. The van der Waals surface area contributed by atoms with Gasteiger partial charge in [-0.25, -0.2) is 4.39 Å². The summed E-state index contributed by atoms with van der Waals surface area (Å²) < 4.78 is 14.0. The molecule has 0 aliphatic heterocycles. The van der Waals surface area contributed by atoms with Crippen LogP contribution >= 0.6 is 27.5 Å². The lowest BCUT2D eigenvalue weighted by Gasteiger charge is -2.09. The summed E-state index contributed by atoms with van der Waals surface area (Å²) in [4.78, 5) is 12.0. The first kappa shape index (κ1) is 14.0. The second-order valence-electron chi connectivity index (χ2n) is 4.04. The average Bonchev–Trinajstić information content (AvgIpc) is 2.37. The standard InChI is InChI=1S/C14H10BrClFNO/c1-8-5-6-11(16)12(7-8)18-14(19)9-3-2-4-10(15)13(9)17/h2-7H,1H3,(H,18,19). The van der Waals surface area contributed by atoms with Crippen LogP contribution in [-0.4, -0.2) is 5.91 Å². The first-order valence-electron chi connectivity index (χ1n) is 5.50. The molecule has 98 valence electrons. The van der Waals surface area contributed by atoms with E-state index in [1.54, 1.807) is 18.2 Å². The molecule has 0 bridgehead atoms. The van der Waals surface area contributed by atoms with Gasteiger partial charge in [-0.05, 0) is 52.7 Å². The monoisotopic (exact) mass is 341 g/mol. The molecule has 0 unspecified atom stereocenters. The highest BCUT2D eigenvalue weighted by Gasteiger charge is 2.15. The molecule has 2 aromatic rings. The second-order valence-corrected chi connectivity index (χ2v) is 5.30. The minimum Gasteiger partial charge on any atom is -0.321 e. The Hall–Kier alpha value is -1.39. The predicted octanol–water partition coefficient (Wildman–Crippen LogP) is 4.80. The zero-order valence-corrected chi connectivity index (χ0v) is 12.3. The zero-order chi connectivity index (χ0) is 14.0. The first-order chi connectivity index (χ1) is 8.99. The minimum absolute atomic E-state index is 0.0352. The molecule has 2 rings (SSSR count). The van der Waals surface area contributed by atoms with Gasteiger partial charge < -0.3 is 5.32 Å². The van der Waals surface area contributed by atoms with Crippen molar-refractivity contribution in [3.63, 3.8) is 0 Å². The van der Waals surface area contributed by atoms with Gasteiger partial charge in [-0.15, -0.1) is 0 Å². The van der Waals surface area contributed by atoms with Crippen LogP contribution in [0.3, 0.4) is 0 Å². The zero-order valence-electron chi connectivity index (χ0n) is 10.0. The molecule has 0 aliphatic rings. The quantitative estimate of drug-likeness (QED) is 0.834. The van der Waals surface area contributed by atoms with E-state index in [0.29, 0.717) is 10.7 Å². The van der Waals surface area contributed by atoms with Gasteiger partial charge in [-0.2, -0.15) is 0 Å². The number of hydrogen-bond donors (Lipinski definition) is 1. The Kier molecular flexibility index (Phi) is 4.22. The van der Waals surface area contributed by atoms with E-state index in [9.17, 15) is 9.18 Å². The molecule has 0 saturated heterocycles. The first-order valence-corrected chi connectivity index (χ1v) is 6.67. The highest BCUT2D eigenvalue weighted by molar-refractivity contribution is 9.10. The van der Waals surface area contributed by atoms with Crippen LogP contribution in [0.1, 0.15) is 15.9 Å². The number of rotatable bonds is 2. The molecule has 5 heteroatoms. The average molecular weight is 343 g/mol. The van der Waals surface area contributed by atoms with Crippen molar-refractivity contribution in [3.8, 4) is 0 Å². The summed E-state index contributed by atoms with van der Waals surface area (Å²) >= 11 is 9.03. The molecule has 19 heavy (non-hydrogen) atoms. The van der Waals surface area contributed by atoms with Crippen molar-refractivity contribution < 1.29 is 9.18 Å². The Bertz CT molecular complexity index is 645. The Morgan fingerprint density at radius 1 is 1.32 bits per heavy atom. The van der Waals surface area contributed by atoms with Gasteiger partial charge in [0.25, 0.3) is 5.91 Å². The maximum absolute atomic E-state index is 13.8. The third-order valence-corrected chi connectivity index (χ3v) is 3.51. The van der Waals surface area contributed by atoms with E-state index < -0.39 is 11.7 Å². The molecule has 1 amide bonds. The van der Waals surface area contributed by atoms with Crippen molar-refractivity contribution in [1.29, 1.82) is 0 Å². The van der Waals surface area contributed by atoms with Gasteiger partial charge in [0.2, 0.25) is 0 Å². The maximum atomic E-state index is 13.8. The molecule has 1 N–H and O–H groups in total. The van der Waals surface area contributed by atoms with Crippen molar-refractivity contribution in [3.05, 3.63) is 62.8 Å². The lowest BCUT2D eigenvalue weighted by atomic mass is 10.1. The molecule has 0 radical (unpaired) electrons. The number of hydrogen-bond acceptors (Lipinski definition) is 1. The topological polar surface area (TPSA) is 29.1 Å². The van der Waals surface area contributed by atoms with Crippen molar-refractivity contribution in [2.24, 2.45) is 0 Å². The van der Waals surface area contributed by atoms with E-state index in [1.165, 1.54) is 12.1 Å². The molecular formula is C14H10BrClFNO. The van der Waals surface area contributed by atoms with Gasteiger partial charge in [0.1, 0.15) is 5.82 Å². The third-order valence-electron chi connectivity index (χ3n) is 2.57. The van der Waals surface area contributed by atoms with E-state index in [1.807, 2.05) is 13.0 Å². The van der Waals surface area contributed by atoms with Gasteiger partial charge in [0.15, 0.2) is 0 Å². The Balaban J connectivity index is 2.31. The van der Waals surface area contributed by atoms with Crippen LogP contribution in [0.25, 0.3) is 0 Å². The van der Waals surface area contributed by atoms with Crippen LogP contribution in [0, 0.1) is 12.7 Å². The van der Waals surface area contributed by atoms with E-state index in [2.05, 4.69) is 21.2 Å². The van der Waals surface area contributed by atoms with Crippen molar-refractivity contribution in [1.82, 2.24) is 0 Å². The van der Waals surface area contributed by atoms with E-state index in [-0.39, 0.29) is 10.0 Å². The molecule has 0 saturated carbocycles. The molecular weight excluding hydrogens is 333 g/mol. The molecule has 0 spiro atoms. The summed E-state index contributed by atoms with van der Waals surface area (Å²) in [5, 5.41) is 3.02. The van der Waals surface area contributed by atoms with Crippen LogP contribution in [0.15, 0.2) is 40.9 Å². The fourth-order valence-electron chi connectivity index (χ4n) is 1.60. The van der Waals surface area contributed by atoms with Crippen molar-refractivity contribution in [2.75, 3.05) is 5.32 Å². The molecule has 0 aromatic heterocycles. The molecule has 2 nitrogen and oxygen atoms in total. The number of benzene rings is 2. The maximum Gasteiger partial charge on any atom is 0.258 e. The van der Waals surface area contributed by atoms with Gasteiger partial charge in [0.05, 0.1) is 20.7 Å². The summed E-state index contributed by atoms with van der Waals surface area (Å²) in [5.41, 5.74) is 1.38. The van der Waals surface area contributed by atoms with Crippen molar-refractivity contribution >= 4 is 39.1 Å². The molecule has 0 heterocycles. The second kappa shape index (κ2) is 5.72. The van der Waals surface area contributed by atoms with Gasteiger partial charge in [0, 0.05) is 0 Å². The SMILES string of the molecule is Cc1ccc(Cl)c(NC(=O)c2cccc(Br)c2F)c1. The van der Waals surface area contributed by atoms with Gasteiger partial charge >= 0.3 is 0 Å². The Morgan fingerprint density at radius 3 is 2.79 bits per heavy atom. The van der Waals surface area contributed by atoms with E-state index in [4.69, 9.17) is 11.6 Å². The largest absolute Gasteiger partial charge is 0.321 e. The number of anilines is 1. The summed E-state index contributed by atoms with van der Waals surface area (Å²) in [6.07, 6.45) is 0. The number of aryl methyl sites for hydroxylation is 1. The summed E-state index contributed by atoms with van der Waals surface area (Å²) in [6, 6.07) is 9.79. The van der Waals surface area contributed by atoms with Crippen LogP contribution in [0.5, 0.6) is 0 Å². The highest BCUT2D eigenvalue weighted by Crippen LogP contribution is 2.25. The third kappa shape index (κ3) is 3.14. The molecule has 0 aliphatic carbocycles. The molecule has 0 atom stereocenters. The van der Waals surface area contributed by atoms with Gasteiger partial charge in [-0.1, -0.05) is 23.7 Å². The Labute approximate surface area is 123 Å². The van der Waals surface area contributed by atoms with Crippen LogP contribution in [0.4, 0.5) is 10.1 Å². The summed E-state index contributed by atoms with van der Waals surface area (Å²) in [5.74, 6) is -1.13. The number of carbonyl (C=O) groups is 1. The Morgan fingerprint density at radius 2 is 2.05 bits per heavy atom. The molecule has 2 aromatic carbocycles. The van der Waals surface area contributed by atoms with Crippen LogP contribution < -0.4 is 5.32 Å². The highest BCUT2D eigenvalue weighted by atomic mass is 79.9. The van der Waals surface area contributed by atoms with Crippen molar-refractivity contribution in [2.45, 2.75) is 6.92 Å². The fraction of sp³-hybridized carbons (Fsp3) is 0.0714. The lowest BCUT2D eigenvalue weighted by Crippen LogP contribution is -2.14. The number of nitrogens with one attached hydrogen (secondary N) is 1. The fourth-order valence-corrected chi connectivity index (χ4v) is 2.13. The number of amides is 1.